The zero-order chi connectivity index (χ0) is 30.0. The van der Waals surface area contributed by atoms with Gasteiger partial charge in [0.2, 0.25) is 5.91 Å². The minimum Gasteiger partial charge on any atom is -0.461 e. The monoisotopic (exact) mass is 583 g/mol. The number of thiazole rings is 1. The molecule has 0 aromatic carbocycles. The second-order valence-electron chi connectivity index (χ2n) is 12.7. The molecule has 4 atom stereocenters. The van der Waals surface area contributed by atoms with Crippen LogP contribution < -0.4 is 5.73 Å². The summed E-state index contributed by atoms with van der Waals surface area (Å²) in [6, 6.07) is -0.601. The smallest absolute Gasteiger partial charge is 0.357 e. The van der Waals surface area contributed by atoms with Crippen molar-refractivity contribution in [2.24, 2.45) is 17.6 Å². The van der Waals surface area contributed by atoms with Crippen LogP contribution in [0.3, 0.4) is 0 Å². The molecular formula is C30H57N3O4SSi. The molecule has 1 unspecified atom stereocenters. The molecule has 0 fully saturated rings. The molecule has 1 rings (SSSR count). The van der Waals surface area contributed by atoms with Gasteiger partial charge in [0.15, 0.2) is 14.0 Å². The minimum absolute atomic E-state index is 0.00558. The summed E-state index contributed by atoms with van der Waals surface area (Å²) < 4.78 is 12.2. The van der Waals surface area contributed by atoms with E-state index in [0.29, 0.717) is 25.3 Å². The standard InChI is InChI=1S/C30H57N3O4SSi/c1-12-15-16-17-18-33(28(34)26(31)22(6)13-2)24(21(4)5)19-25(37-39(10,11)30(7,8)9)27-32-23(20-38-27)29(35)36-14-3/h20-22,24-26H,12-19,31H2,1-11H3/t22-,24+,25?,26-/m0/s1. The number of nitrogens with two attached hydrogens (primary N) is 1. The summed E-state index contributed by atoms with van der Waals surface area (Å²) >= 11 is 1.43. The third-order valence-electron chi connectivity index (χ3n) is 8.23. The molecule has 0 saturated heterocycles. The molecule has 0 saturated carbocycles. The Labute approximate surface area is 243 Å². The molecule has 1 heterocycles. The van der Waals surface area contributed by atoms with E-state index in [-0.39, 0.29) is 34.9 Å². The number of aromatic nitrogens is 1. The molecule has 0 bridgehead atoms. The fourth-order valence-electron chi connectivity index (χ4n) is 4.28. The van der Waals surface area contributed by atoms with Gasteiger partial charge in [0.1, 0.15) is 5.01 Å². The van der Waals surface area contributed by atoms with Crippen molar-refractivity contribution in [3.63, 3.8) is 0 Å². The summed E-state index contributed by atoms with van der Waals surface area (Å²) in [6.07, 6.45) is 5.46. The van der Waals surface area contributed by atoms with E-state index < -0.39 is 20.3 Å². The Balaban J connectivity index is 3.49. The van der Waals surface area contributed by atoms with Crippen LogP contribution in [-0.2, 0) is 14.0 Å². The maximum Gasteiger partial charge on any atom is 0.357 e. The highest BCUT2D eigenvalue weighted by atomic mass is 32.1. The van der Waals surface area contributed by atoms with Gasteiger partial charge >= 0.3 is 5.97 Å². The van der Waals surface area contributed by atoms with Gasteiger partial charge in [-0.05, 0) is 49.7 Å². The van der Waals surface area contributed by atoms with Crippen LogP contribution in [0, 0.1) is 11.8 Å². The molecule has 39 heavy (non-hydrogen) atoms. The lowest BCUT2D eigenvalue weighted by molar-refractivity contribution is -0.138. The number of esters is 1. The average Bonchev–Trinajstić information content (AvgIpc) is 3.35. The number of rotatable bonds is 17. The van der Waals surface area contributed by atoms with Crippen molar-refractivity contribution < 1.29 is 18.8 Å². The summed E-state index contributed by atoms with van der Waals surface area (Å²) in [5.41, 5.74) is 6.84. The van der Waals surface area contributed by atoms with Crippen LogP contribution in [0.25, 0.3) is 0 Å². The Morgan fingerprint density at radius 2 is 1.74 bits per heavy atom. The van der Waals surface area contributed by atoms with Crippen LogP contribution in [0.4, 0.5) is 0 Å². The predicted molar refractivity (Wildman–Crippen MR) is 166 cm³/mol. The fourth-order valence-corrected chi connectivity index (χ4v) is 6.47. The van der Waals surface area contributed by atoms with Gasteiger partial charge in [0.25, 0.3) is 0 Å². The van der Waals surface area contributed by atoms with E-state index in [2.05, 4.69) is 73.5 Å². The first kappa shape index (κ1) is 35.7. The van der Waals surface area contributed by atoms with Gasteiger partial charge in [-0.25, -0.2) is 9.78 Å². The van der Waals surface area contributed by atoms with Gasteiger partial charge in [-0.3, -0.25) is 4.79 Å². The highest BCUT2D eigenvalue weighted by Crippen LogP contribution is 2.42. The Morgan fingerprint density at radius 1 is 1.10 bits per heavy atom. The van der Waals surface area contributed by atoms with Crippen LogP contribution in [-0.4, -0.2) is 55.3 Å². The molecule has 1 aromatic heterocycles. The zero-order valence-corrected chi connectivity index (χ0v) is 28.5. The quantitative estimate of drug-likeness (QED) is 0.115. The number of ether oxygens (including phenoxy) is 1. The van der Waals surface area contributed by atoms with Crippen LogP contribution in [0.2, 0.25) is 18.1 Å². The van der Waals surface area contributed by atoms with Crippen molar-refractivity contribution in [2.75, 3.05) is 13.2 Å². The van der Waals surface area contributed by atoms with Gasteiger partial charge < -0.3 is 19.8 Å². The Kier molecular flexibility index (Phi) is 14.9. The maximum atomic E-state index is 13.9. The maximum absolute atomic E-state index is 13.9. The second kappa shape index (κ2) is 16.2. The molecule has 0 aliphatic heterocycles. The van der Waals surface area contributed by atoms with Crippen molar-refractivity contribution in [3.8, 4) is 0 Å². The van der Waals surface area contributed by atoms with Crippen molar-refractivity contribution in [1.82, 2.24) is 9.88 Å². The summed E-state index contributed by atoms with van der Waals surface area (Å²) in [6.45, 7) is 24.6. The molecule has 7 nitrogen and oxygen atoms in total. The zero-order valence-electron chi connectivity index (χ0n) is 26.6. The van der Waals surface area contributed by atoms with Crippen molar-refractivity contribution in [1.29, 1.82) is 0 Å². The van der Waals surface area contributed by atoms with Gasteiger partial charge in [0, 0.05) is 18.0 Å². The van der Waals surface area contributed by atoms with E-state index in [9.17, 15) is 9.59 Å². The summed E-state index contributed by atoms with van der Waals surface area (Å²) in [5, 5.41) is 2.51. The molecule has 0 radical (unpaired) electrons. The molecule has 0 spiro atoms. The lowest BCUT2D eigenvalue weighted by atomic mass is 9.92. The van der Waals surface area contributed by atoms with Crippen LogP contribution in [0.15, 0.2) is 5.38 Å². The number of carbonyl (C=O) groups is 2. The molecule has 0 aliphatic carbocycles. The molecule has 9 heteroatoms. The third kappa shape index (κ3) is 10.6. The summed E-state index contributed by atoms with van der Waals surface area (Å²) in [7, 11) is -2.21. The number of carbonyl (C=O) groups excluding carboxylic acids is 2. The molecule has 1 aromatic rings. The predicted octanol–water partition coefficient (Wildman–Crippen LogP) is 7.58. The first-order valence-electron chi connectivity index (χ1n) is 15.0. The van der Waals surface area contributed by atoms with Crippen LogP contribution in [0.1, 0.15) is 122 Å². The molecule has 0 aliphatic rings. The van der Waals surface area contributed by atoms with Gasteiger partial charge in [-0.1, -0.05) is 81.1 Å². The highest BCUT2D eigenvalue weighted by molar-refractivity contribution is 7.09. The van der Waals surface area contributed by atoms with Crippen molar-refractivity contribution >= 4 is 31.5 Å². The van der Waals surface area contributed by atoms with Gasteiger partial charge in [-0.2, -0.15) is 0 Å². The van der Waals surface area contributed by atoms with E-state index in [1.165, 1.54) is 11.3 Å². The lowest BCUT2D eigenvalue weighted by Gasteiger charge is -2.42. The van der Waals surface area contributed by atoms with Crippen molar-refractivity contribution in [2.45, 2.75) is 137 Å². The van der Waals surface area contributed by atoms with E-state index in [4.69, 9.17) is 14.9 Å². The van der Waals surface area contributed by atoms with Crippen LogP contribution in [0.5, 0.6) is 0 Å². The van der Waals surface area contributed by atoms with Crippen LogP contribution >= 0.6 is 11.3 Å². The second-order valence-corrected chi connectivity index (χ2v) is 18.4. The fraction of sp³-hybridized carbons (Fsp3) is 0.833. The molecule has 1 amide bonds. The number of hydrogen-bond acceptors (Lipinski definition) is 7. The minimum atomic E-state index is -2.21. The number of nitrogens with zero attached hydrogens (tertiary/aromatic N) is 2. The third-order valence-corrected chi connectivity index (χ3v) is 13.7. The number of amides is 1. The van der Waals surface area contributed by atoms with E-state index >= 15 is 0 Å². The van der Waals surface area contributed by atoms with Gasteiger partial charge in [-0.15, -0.1) is 11.3 Å². The first-order chi connectivity index (χ1) is 18.1. The summed E-state index contributed by atoms with van der Waals surface area (Å²) in [5.74, 6) is -0.0937. The number of unbranched alkanes of at least 4 members (excludes halogenated alkanes) is 3. The molecule has 2 N–H and O–H groups in total. The lowest BCUT2D eigenvalue weighted by Crippen LogP contribution is -2.53. The summed E-state index contributed by atoms with van der Waals surface area (Å²) in [4.78, 5) is 33.0. The Bertz CT molecular complexity index is 884. The van der Waals surface area contributed by atoms with Crippen molar-refractivity contribution in [3.05, 3.63) is 16.1 Å². The van der Waals surface area contributed by atoms with Gasteiger partial charge in [0.05, 0.1) is 18.8 Å². The highest BCUT2D eigenvalue weighted by Gasteiger charge is 2.42. The van der Waals surface area contributed by atoms with E-state index in [1.54, 1.807) is 12.3 Å². The first-order valence-corrected chi connectivity index (χ1v) is 18.8. The Hall–Kier alpha value is -1.29. The SMILES string of the molecule is CCCCCCN(C(=O)[C@@H](N)[C@@H](C)CC)[C@H](CC(O[Si](C)(C)C(C)(C)C)c1nc(C(=O)OCC)cs1)C(C)C. The largest absolute Gasteiger partial charge is 0.461 e. The molecule has 226 valence electrons. The normalized spacial score (nSPS) is 15.6. The Morgan fingerprint density at radius 3 is 2.26 bits per heavy atom. The number of hydrogen-bond donors (Lipinski definition) is 1. The van der Waals surface area contributed by atoms with E-state index in [1.807, 2.05) is 4.90 Å². The molecular weight excluding hydrogens is 527 g/mol. The average molecular weight is 584 g/mol. The topological polar surface area (TPSA) is 94.8 Å². The van der Waals surface area contributed by atoms with E-state index in [0.717, 1.165) is 37.1 Å².